The summed E-state index contributed by atoms with van der Waals surface area (Å²) in [6.07, 6.45) is 4.49. The van der Waals surface area contributed by atoms with E-state index in [9.17, 15) is 4.79 Å². The first kappa shape index (κ1) is 15.7. The Bertz CT molecular complexity index is 490. The number of Topliss-reactive ketones (excluding diaryl/α,β-unsaturated/α-hetero) is 1. The topological polar surface area (TPSA) is 46.9 Å². The minimum atomic E-state index is -0.301. The van der Waals surface area contributed by atoms with Crippen molar-refractivity contribution in [3.8, 4) is 0 Å². The van der Waals surface area contributed by atoms with Gasteiger partial charge in [-0.1, -0.05) is 13.3 Å². The molecule has 0 bridgehead atoms. The fraction of sp³-hybridized carbons (Fsp3) is 0.733. The molecule has 0 aliphatic carbocycles. The highest BCUT2D eigenvalue weighted by atomic mass is 79.9. The van der Waals surface area contributed by atoms with E-state index in [0.717, 1.165) is 54.6 Å². The van der Waals surface area contributed by atoms with E-state index in [1.165, 1.54) is 0 Å². The van der Waals surface area contributed by atoms with Gasteiger partial charge in [0.15, 0.2) is 5.78 Å². The van der Waals surface area contributed by atoms with Gasteiger partial charge < -0.3 is 5.32 Å². The molecule has 1 N–H and O–H groups in total. The van der Waals surface area contributed by atoms with Crippen molar-refractivity contribution in [3.05, 3.63) is 15.9 Å². The lowest BCUT2D eigenvalue weighted by Crippen LogP contribution is -2.48. The Balaban J connectivity index is 2.22. The molecule has 20 heavy (non-hydrogen) atoms. The molecule has 1 unspecified atom stereocenters. The van der Waals surface area contributed by atoms with Crippen molar-refractivity contribution in [1.29, 1.82) is 0 Å². The van der Waals surface area contributed by atoms with Gasteiger partial charge in [-0.05, 0) is 55.6 Å². The van der Waals surface area contributed by atoms with Gasteiger partial charge in [-0.25, -0.2) is 0 Å². The van der Waals surface area contributed by atoms with Crippen molar-refractivity contribution in [2.24, 2.45) is 0 Å². The number of ketones is 1. The van der Waals surface area contributed by atoms with Crippen LogP contribution in [0.2, 0.25) is 0 Å². The minimum absolute atomic E-state index is 0.301. The average molecular weight is 342 g/mol. The maximum absolute atomic E-state index is 12.8. The number of nitrogens with zero attached hydrogens (tertiary/aromatic N) is 2. The summed E-state index contributed by atoms with van der Waals surface area (Å²) in [6.45, 7) is 7.93. The van der Waals surface area contributed by atoms with Crippen molar-refractivity contribution in [2.75, 3.05) is 6.54 Å². The summed E-state index contributed by atoms with van der Waals surface area (Å²) in [5.41, 5.74) is 1.67. The zero-order chi connectivity index (χ0) is 14.8. The highest BCUT2D eigenvalue weighted by Crippen LogP contribution is 2.29. The van der Waals surface area contributed by atoms with E-state index in [2.05, 4.69) is 40.2 Å². The molecule has 1 atom stereocenters. The Labute approximate surface area is 129 Å². The predicted molar refractivity (Wildman–Crippen MR) is 83.9 cm³/mol. The van der Waals surface area contributed by atoms with Gasteiger partial charge in [0, 0.05) is 6.54 Å². The number of hydrogen-bond donors (Lipinski definition) is 1. The van der Waals surface area contributed by atoms with Gasteiger partial charge in [0.05, 0.1) is 27.8 Å². The van der Waals surface area contributed by atoms with Crippen LogP contribution in [0.3, 0.4) is 0 Å². The first-order valence-corrected chi connectivity index (χ1v) is 8.33. The molecule has 4 nitrogen and oxygen atoms in total. The SMILES string of the molecule is CCCC1(C(=O)Cc2c(Br)c(C)nn2CC)CCCN1. The smallest absolute Gasteiger partial charge is 0.158 e. The second-order valence-corrected chi connectivity index (χ2v) is 6.42. The third-order valence-corrected chi connectivity index (χ3v) is 5.27. The fourth-order valence-corrected chi connectivity index (χ4v) is 3.61. The van der Waals surface area contributed by atoms with Crippen molar-refractivity contribution >= 4 is 21.7 Å². The van der Waals surface area contributed by atoms with Gasteiger partial charge in [0.1, 0.15) is 0 Å². The minimum Gasteiger partial charge on any atom is -0.305 e. The molecule has 0 saturated carbocycles. The molecule has 0 spiro atoms. The molecule has 2 rings (SSSR count). The molecular formula is C15H24BrN3O. The van der Waals surface area contributed by atoms with E-state index in [4.69, 9.17) is 0 Å². The summed E-state index contributed by atoms with van der Waals surface area (Å²) >= 11 is 3.58. The lowest BCUT2D eigenvalue weighted by Gasteiger charge is -2.27. The average Bonchev–Trinajstić information content (AvgIpc) is 3.00. The maximum atomic E-state index is 12.8. The highest BCUT2D eigenvalue weighted by molar-refractivity contribution is 9.10. The summed E-state index contributed by atoms with van der Waals surface area (Å²) in [6, 6.07) is 0. The first-order chi connectivity index (χ1) is 9.54. The van der Waals surface area contributed by atoms with Crippen LogP contribution >= 0.6 is 15.9 Å². The Morgan fingerprint density at radius 2 is 2.25 bits per heavy atom. The molecule has 1 aromatic heterocycles. The Morgan fingerprint density at radius 3 is 2.80 bits per heavy atom. The van der Waals surface area contributed by atoms with E-state index in [0.29, 0.717) is 12.2 Å². The second kappa shape index (κ2) is 6.39. The van der Waals surface area contributed by atoms with E-state index in [1.54, 1.807) is 0 Å². The number of halogens is 1. The van der Waals surface area contributed by atoms with E-state index in [1.807, 2.05) is 11.6 Å². The molecular weight excluding hydrogens is 318 g/mol. The summed E-state index contributed by atoms with van der Waals surface area (Å²) in [7, 11) is 0. The van der Waals surface area contributed by atoms with Crippen LogP contribution < -0.4 is 5.32 Å². The molecule has 0 aromatic carbocycles. The van der Waals surface area contributed by atoms with Crippen LogP contribution in [-0.2, 0) is 17.8 Å². The monoisotopic (exact) mass is 341 g/mol. The predicted octanol–water partition coefficient (Wildman–Crippen LogP) is 3.01. The molecule has 2 heterocycles. The van der Waals surface area contributed by atoms with Crippen molar-refractivity contribution in [2.45, 2.75) is 65.0 Å². The molecule has 0 radical (unpaired) electrons. The number of carbonyl (C=O) groups excluding carboxylic acids is 1. The van der Waals surface area contributed by atoms with Gasteiger partial charge in [-0.15, -0.1) is 0 Å². The number of rotatable bonds is 6. The molecule has 1 saturated heterocycles. The third-order valence-electron chi connectivity index (χ3n) is 4.24. The maximum Gasteiger partial charge on any atom is 0.158 e. The second-order valence-electron chi connectivity index (χ2n) is 5.62. The molecule has 0 amide bonds. The van der Waals surface area contributed by atoms with Crippen LogP contribution in [0.5, 0.6) is 0 Å². The Morgan fingerprint density at radius 1 is 1.50 bits per heavy atom. The largest absolute Gasteiger partial charge is 0.305 e. The number of hydrogen-bond acceptors (Lipinski definition) is 3. The molecule has 1 aliphatic heterocycles. The summed E-state index contributed by atoms with van der Waals surface area (Å²) in [5.74, 6) is 0.312. The molecule has 1 aliphatic rings. The third kappa shape index (κ3) is 2.84. The van der Waals surface area contributed by atoms with Crippen LogP contribution in [0.4, 0.5) is 0 Å². The Kier molecular flexibility index (Phi) is 5.02. The lowest BCUT2D eigenvalue weighted by atomic mass is 9.85. The van der Waals surface area contributed by atoms with Gasteiger partial charge in [-0.2, -0.15) is 5.10 Å². The van der Waals surface area contributed by atoms with Crippen molar-refractivity contribution < 1.29 is 4.79 Å². The number of aromatic nitrogens is 2. The van der Waals surface area contributed by atoms with E-state index in [-0.39, 0.29) is 5.54 Å². The van der Waals surface area contributed by atoms with Crippen molar-refractivity contribution in [1.82, 2.24) is 15.1 Å². The normalized spacial score (nSPS) is 22.4. The Hall–Kier alpha value is -0.680. The van der Waals surface area contributed by atoms with Crippen LogP contribution in [0.1, 0.15) is 50.9 Å². The van der Waals surface area contributed by atoms with Crippen LogP contribution in [0, 0.1) is 6.92 Å². The number of aryl methyl sites for hydroxylation is 2. The zero-order valence-corrected chi connectivity index (χ0v) is 14.2. The fourth-order valence-electron chi connectivity index (χ4n) is 3.18. The zero-order valence-electron chi connectivity index (χ0n) is 12.6. The highest BCUT2D eigenvalue weighted by Gasteiger charge is 2.39. The summed E-state index contributed by atoms with van der Waals surface area (Å²) in [4.78, 5) is 12.8. The quantitative estimate of drug-likeness (QED) is 0.865. The van der Waals surface area contributed by atoms with E-state index < -0.39 is 0 Å². The van der Waals surface area contributed by atoms with Gasteiger partial charge in [0.2, 0.25) is 0 Å². The van der Waals surface area contributed by atoms with Crippen molar-refractivity contribution in [3.63, 3.8) is 0 Å². The van der Waals surface area contributed by atoms with Crippen LogP contribution in [0.25, 0.3) is 0 Å². The van der Waals surface area contributed by atoms with Gasteiger partial charge in [-0.3, -0.25) is 9.48 Å². The van der Waals surface area contributed by atoms with Crippen LogP contribution in [0.15, 0.2) is 4.47 Å². The number of nitrogens with one attached hydrogen (secondary N) is 1. The summed E-state index contributed by atoms with van der Waals surface area (Å²) in [5, 5.41) is 7.93. The molecule has 1 aromatic rings. The van der Waals surface area contributed by atoms with E-state index >= 15 is 0 Å². The standard InChI is InChI=1S/C15H24BrN3O/c1-4-7-15(8-6-9-17-15)13(20)10-12-14(16)11(3)18-19(12)5-2/h17H,4-10H2,1-3H3. The first-order valence-electron chi connectivity index (χ1n) is 7.54. The van der Waals surface area contributed by atoms with Gasteiger partial charge in [0.25, 0.3) is 0 Å². The summed E-state index contributed by atoms with van der Waals surface area (Å²) < 4.78 is 2.92. The molecule has 1 fully saturated rings. The number of carbonyl (C=O) groups is 1. The molecule has 5 heteroatoms. The van der Waals surface area contributed by atoms with Gasteiger partial charge >= 0.3 is 0 Å². The van der Waals surface area contributed by atoms with Crippen LogP contribution in [-0.4, -0.2) is 27.6 Å². The molecule has 112 valence electrons. The lowest BCUT2D eigenvalue weighted by molar-refractivity contribution is -0.124.